The number of carbonyl (C=O) groups excluding carboxylic acids is 2. The summed E-state index contributed by atoms with van der Waals surface area (Å²) in [4.78, 5) is 35.9. The summed E-state index contributed by atoms with van der Waals surface area (Å²) in [5.74, 6) is 1.48. The Morgan fingerprint density at radius 1 is 0.975 bits per heavy atom. The molecule has 0 saturated heterocycles. The second kappa shape index (κ2) is 11.6. The molecule has 10 heteroatoms. The summed E-state index contributed by atoms with van der Waals surface area (Å²) < 4.78 is 11.7. The first-order chi connectivity index (χ1) is 19.4. The number of nitro benzene ring substituents is 1. The third-order valence-electron chi connectivity index (χ3n) is 6.45. The van der Waals surface area contributed by atoms with Crippen LogP contribution in [0.1, 0.15) is 45.8 Å². The number of rotatable bonds is 8. The lowest BCUT2D eigenvalue weighted by Crippen LogP contribution is -2.23. The molecule has 0 spiro atoms. The Labute approximate surface area is 229 Å². The van der Waals surface area contributed by atoms with E-state index >= 15 is 0 Å². The fourth-order valence-electron chi connectivity index (χ4n) is 4.51. The van der Waals surface area contributed by atoms with Crippen LogP contribution in [0.5, 0.6) is 11.5 Å². The van der Waals surface area contributed by atoms with Crippen molar-refractivity contribution in [3.63, 3.8) is 0 Å². The lowest BCUT2D eigenvalue weighted by molar-refractivity contribution is -0.384. The number of hydrogen-bond donors (Lipinski definition) is 2. The zero-order valence-electron chi connectivity index (χ0n) is 21.7. The molecular weight excluding hydrogens is 512 g/mol. The van der Waals surface area contributed by atoms with Gasteiger partial charge >= 0.3 is 0 Å². The molecule has 1 aromatic heterocycles. The Hall–Kier alpha value is -5.25. The van der Waals surface area contributed by atoms with Crippen molar-refractivity contribution in [1.82, 2.24) is 5.43 Å². The molecule has 1 aliphatic rings. The quantitative estimate of drug-likeness (QED) is 0.210. The normalized spacial score (nSPS) is 13.4. The zero-order valence-corrected chi connectivity index (χ0v) is 21.7. The lowest BCUT2D eigenvalue weighted by Gasteiger charge is -2.13. The molecule has 5 rings (SSSR count). The van der Waals surface area contributed by atoms with E-state index in [2.05, 4.69) is 15.8 Å². The summed E-state index contributed by atoms with van der Waals surface area (Å²) in [7, 11) is 0. The smallest absolute Gasteiger partial charge is 0.291 e. The fourth-order valence-corrected chi connectivity index (χ4v) is 4.51. The van der Waals surface area contributed by atoms with Gasteiger partial charge in [-0.25, -0.2) is 5.43 Å². The third-order valence-corrected chi connectivity index (χ3v) is 6.45. The van der Waals surface area contributed by atoms with Crippen LogP contribution >= 0.6 is 0 Å². The Morgan fingerprint density at radius 2 is 1.68 bits per heavy atom. The average Bonchev–Trinajstić information content (AvgIpc) is 3.31. The number of anilines is 1. The van der Waals surface area contributed by atoms with Crippen molar-refractivity contribution in [2.24, 2.45) is 5.10 Å². The summed E-state index contributed by atoms with van der Waals surface area (Å²) >= 11 is 0. The van der Waals surface area contributed by atoms with Crippen molar-refractivity contribution >= 4 is 28.9 Å². The minimum Gasteiger partial charge on any atom is -0.457 e. The van der Waals surface area contributed by atoms with Crippen LogP contribution in [-0.4, -0.2) is 22.4 Å². The second-order valence-corrected chi connectivity index (χ2v) is 9.30. The molecule has 0 fully saturated rings. The summed E-state index contributed by atoms with van der Waals surface area (Å²) in [5.41, 5.74) is 5.78. The van der Waals surface area contributed by atoms with Crippen molar-refractivity contribution in [2.45, 2.75) is 32.6 Å². The Bertz CT molecular complexity index is 1580. The number of ether oxygens (including phenoxy) is 1. The molecule has 1 aliphatic carbocycles. The first-order valence-corrected chi connectivity index (χ1v) is 12.7. The average molecular weight is 539 g/mol. The van der Waals surface area contributed by atoms with Crippen LogP contribution in [0.2, 0.25) is 0 Å². The third kappa shape index (κ3) is 6.07. The van der Waals surface area contributed by atoms with E-state index in [-0.39, 0.29) is 29.7 Å². The first kappa shape index (κ1) is 26.4. The molecule has 10 nitrogen and oxygen atoms in total. The van der Waals surface area contributed by atoms with Crippen molar-refractivity contribution in [1.29, 1.82) is 0 Å². The molecule has 0 saturated carbocycles. The number of hydrogen-bond acceptors (Lipinski definition) is 7. The number of nitro groups is 1. The van der Waals surface area contributed by atoms with Gasteiger partial charge in [0, 0.05) is 35.4 Å². The highest BCUT2D eigenvalue weighted by Gasteiger charge is 2.28. The minimum atomic E-state index is -0.490. The van der Waals surface area contributed by atoms with Crippen LogP contribution in [0.4, 0.5) is 11.4 Å². The van der Waals surface area contributed by atoms with E-state index in [0.717, 1.165) is 17.7 Å². The number of nitrogens with one attached hydrogen (secondary N) is 2. The van der Waals surface area contributed by atoms with Crippen LogP contribution in [0.25, 0.3) is 0 Å². The number of furan rings is 1. The molecule has 202 valence electrons. The van der Waals surface area contributed by atoms with Gasteiger partial charge in [-0.3, -0.25) is 19.7 Å². The molecule has 2 amide bonds. The number of non-ortho nitro benzene ring substituents is 1. The Morgan fingerprint density at radius 3 is 2.38 bits per heavy atom. The molecule has 0 radical (unpaired) electrons. The number of hydrazone groups is 1. The molecule has 0 bridgehead atoms. The molecule has 40 heavy (non-hydrogen) atoms. The van der Waals surface area contributed by atoms with Crippen molar-refractivity contribution in [2.75, 3.05) is 5.32 Å². The highest BCUT2D eigenvalue weighted by molar-refractivity contribution is 6.09. The van der Waals surface area contributed by atoms with E-state index in [1.54, 1.807) is 43.3 Å². The number of amides is 2. The number of nitrogens with zero attached hydrogens (tertiary/aromatic N) is 2. The van der Waals surface area contributed by atoms with Gasteiger partial charge in [0.1, 0.15) is 17.3 Å². The predicted molar refractivity (Wildman–Crippen MR) is 149 cm³/mol. The maximum Gasteiger partial charge on any atom is 0.291 e. The van der Waals surface area contributed by atoms with Crippen molar-refractivity contribution in [3.8, 4) is 11.5 Å². The first-order valence-electron chi connectivity index (χ1n) is 12.7. The van der Waals surface area contributed by atoms with E-state index in [0.29, 0.717) is 46.9 Å². The van der Waals surface area contributed by atoms with Crippen LogP contribution in [-0.2, 0) is 17.6 Å². The zero-order chi connectivity index (χ0) is 28.1. The summed E-state index contributed by atoms with van der Waals surface area (Å²) in [6.45, 7) is 1.80. The van der Waals surface area contributed by atoms with Gasteiger partial charge in [-0.1, -0.05) is 30.3 Å². The number of carbonyl (C=O) groups is 2. The molecule has 0 unspecified atom stereocenters. The molecule has 2 N–H and O–H groups in total. The maximum absolute atomic E-state index is 13.1. The molecule has 0 atom stereocenters. The highest BCUT2D eigenvalue weighted by atomic mass is 16.6. The van der Waals surface area contributed by atoms with Gasteiger partial charge in [0.15, 0.2) is 5.76 Å². The van der Waals surface area contributed by atoms with E-state index < -0.39 is 4.92 Å². The monoisotopic (exact) mass is 538 g/mol. The molecule has 4 aromatic rings. The highest BCUT2D eigenvalue weighted by Crippen LogP contribution is 2.31. The van der Waals surface area contributed by atoms with Gasteiger partial charge in [-0.15, -0.1) is 0 Å². The second-order valence-electron chi connectivity index (χ2n) is 9.30. The van der Waals surface area contributed by atoms with Gasteiger partial charge in [0.2, 0.25) is 5.91 Å². The van der Waals surface area contributed by atoms with E-state index in [1.807, 2.05) is 30.3 Å². The molecular formula is C30H26N4O6. The summed E-state index contributed by atoms with van der Waals surface area (Å²) in [6.07, 6.45) is 2.07. The number of para-hydroxylation sites is 1. The summed E-state index contributed by atoms with van der Waals surface area (Å²) in [5, 5.41) is 18.0. The fraction of sp³-hybridized carbons (Fsp3) is 0.167. The molecule has 0 aliphatic heterocycles. The van der Waals surface area contributed by atoms with Gasteiger partial charge in [-0.05, 0) is 61.7 Å². The van der Waals surface area contributed by atoms with Crippen LogP contribution in [0.3, 0.4) is 0 Å². The Kier molecular flexibility index (Phi) is 7.68. The lowest BCUT2D eigenvalue weighted by atomic mass is 9.93. The minimum absolute atomic E-state index is 0.0227. The van der Waals surface area contributed by atoms with E-state index in [9.17, 15) is 19.7 Å². The van der Waals surface area contributed by atoms with Crippen molar-refractivity contribution < 1.29 is 23.7 Å². The van der Waals surface area contributed by atoms with E-state index in [1.165, 1.54) is 12.1 Å². The molecule has 3 aromatic carbocycles. The Balaban J connectivity index is 1.24. The molecule has 1 heterocycles. The van der Waals surface area contributed by atoms with Crippen LogP contribution < -0.4 is 15.5 Å². The maximum atomic E-state index is 13.1. The van der Waals surface area contributed by atoms with Gasteiger partial charge in [0.05, 0.1) is 17.1 Å². The van der Waals surface area contributed by atoms with Crippen LogP contribution in [0, 0.1) is 17.0 Å². The van der Waals surface area contributed by atoms with E-state index in [4.69, 9.17) is 9.15 Å². The number of fused-ring (bicyclic) bond motifs is 1. The SMILES string of the molecule is Cc1c(C(=O)Nc2ccc(Oc3ccccc3)cc2)oc2c1/C(=N/NC(=O)Cc1ccc([N+](=O)[O-])cc1)CCC2. The topological polar surface area (TPSA) is 136 Å². The summed E-state index contributed by atoms with van der Waals surface area (Å²) in [6, 6.07) is 22.3. The van der Waals surface area contributed by atoms with Crippen molar-refractivity contribution in [3.05, 3.63) is 117 Å². The number of aryl methyl sites for hydroxylation is 1. The standard InChI is InChI=1S/C30H26N4O6/c1-19-28-25(32-33-27(35)18-20-10-14-22(15-11-20)34(37)38)8-5-9-26(28)40-29(19)30(36)31-21-12-16-24(17-13-21)39-23-6-3-2-4-7-23/h2-4,6-7,10-17H,5,8-9,18H2,1H3,(H,31,36)(H,33,35)/b32-25+. The number of benzene rings is 3. The van der Waals surface area contributed by atoms with Gasteiger partial charge in [0.25, 0.3) is 11.6 Å². The predicted octanol–water partition coefficient (Wildman–Crippen LogP) is 5.94. The van der Waals surface area contributed by atoms with Gasteiger partial charge < -0.3 is 14.5 Å². The van der Waals surface area contributed by atoms with Gasteiger partial charge in [-0.2, -0.15) is 5.10 Å². The largest absolute Gasteiger partial charge is 0.457 e. The van der Waals surface area contributed by atoms with Crippen LogP contribution in [0.15, 0.2) is 88.4 Å².